The van der Waals surface area contributed by atoms with Gasteiger partial charge in [-0.1, -0.05) is 55.1 Å². The first-order chi connectivity index (χ1) is 12.7. The highest BCUT2D eigenvalue weighted by Gasteiger charge is 2.14. The molecule has 0 atom stereocenters. The number of thiophene rings is 1. The minimum Gasteiger partial charge on any atom is -0.297 e. The minimum absolute atomic E-state index is 0.208. The van der Waals surface area contributed by atoms with Gasteiger partial charge in [-0.3, -0.25) is 15.5 Å². The number of amides is 1. The molecular weight excluding hydrogens is 386 g/mol. The summed E-state index contributed by atoms with van der Waals surface area (Å²) in [6.07, 6.45) is 0.688. The van der Waals surface area contributed by atoms with E-state index in [0.717, 1.165) is 11.6 Å². The van der Waals surface area contributed by atoms with Crippen LogP contribution in [0.15, 0.2) is 53.0 Å². The molecule has 0 radical (unpaired) electrons. The first-order valence-electron chi connectivity index (χ1n) is 7.94. The summed E-state index contributed by atoms with van der Waals surface area (Å²) in [4.78, 5) is 12.7. The molecule has 3 aromatic rings. The molecule has 0 saturated heterocycles. The molecule has 26 heavy (non-hydrogen) atoms. The molecular formula is C17H17N5OS3. The molecule has 1 aromatic carbocycles. The Kier molecular flexibility index (Phi) is 6.37. The van der Waals surface area contributed by atoms with Gasteiger partial charge in [-0.25, -0.2) is 4.68 Å². The fourth-order valence-electron chi connectivity index (χ4n) is 2.16. The smallest absolute Gasteiger partial charge is 0.267 e. The molecule has 0 aliphatic carbocycles. The predicted molar refractivity (Wildman–Crippen MR) is 109 cm³/mol. The van der Waals surface area contributed by atoms with Gasteiger partial charge in [0.15, 0.2) is 10.9 Å². The van der Waals surface area contributed by atoms with E-state index in [0.29, 0.717) is 16.5 Å². The zero-order valence-electron chi connectivity index (χ0n) is 14.0. The molecule has 0 spiro atoms. The Bertz CT molecular complexity index is 877. The number of nitrogens with one attached hydrogen (secondary N) is 2. The Balaban J connectivity index is 1.67. The number of aryl methyl sites for hydroxylation is 1. The van der Waals surface area contributed by atoms with Crippen LogP contribution in [0, 0.1) is 0 Å². The summed E-state index contributed by atoms with van der Waals surface area (Å²) in [7, 11) is 0. The number of aromatic nitrogens is 3. The molecule has 2 heterocycles. The Morgan fingerprint density at radius 1 is 1.23 bits per heavy atom. The van der Waals surface area contributed by atoms with E-state index in [2.05, 4.69) is 33.1 Å². The highest BCUT2D eigenvalue weighted by molar-refractivity contribution is 7.98. The maximum absolute atomic E-state index is 12.1. The maximum atomic E-state index is 12.1. The van der Waals surface area contributed by atoms with Crippen LogP contribution in [0.5, 0.6) is 0 Å². The molecule has 0 fully saturated rings. The van der Waals surface area contributed by atoms with E-state index >= 15 is 0 Å². The summed E-state index contributed by atoms with van der Waals surface area (Å²) in [6.45, 7) is 1.99. The number of thiocarbonyl (C=S) groups is 1. The van der Waals surface area contributed by atoms with Crippen LogP contribution in [-0.2, 0) is 12.2 Å². The minimum atomic E-state index is -0.234. The summed E-state index contributed by atoms with van der Waals surface area (Å²) in [5.41, 5.74) is 4.21. The molecule has 0 saturated carbocycles. The Morgan fingerprint density at radius 3 is 2.73 bits per heavy atom. The van der Waals surface area contributed by atoms with Gasteiger partial charge >= 0.3 is 0 Å². The lowest BCUT2D eigenvalue weighted by molar-refractivity contribution is 0.0981. The van der Waals surface area contributed by atoms with Crippen LogP contribution >= 0.6 is 35.3 Å². The van der Waals surface area contributed by atoms with E-state index in [1.54, 1.807) is 22.5 Å². The molecule has 9 heteroatoms. The molecule has 3 rings (SSSR count). The van der Waals surface area contributed by atoms with Gasteiger partial charge < -0.3 is 0 Å². The van der Waals surface area contributed by atoms with Crippen LogP contribution in [0.25, 0.3) is 0 Å². The van der Waals surface area contributed by atoms with Crippen molar-refractivity contribution in [3.63, 3.8) is 0 Å². The van der Waals surface area contributed by atoms with E-state index in [1.165, 1.54) is 16.9 Å². The highest BCUT2D eigenvalue weighted by atomic mass is 32.2. The predicted octanol–water partition coefficient (Wildman–Crippen LogP) is 3.45. The number of carbonyl (C=O) groups excluding carboxylic acids is 1. The largest absolute Gasteiger partial charge is 0.297 e. The number of thioether (sulfide) groups is 1. The van der Waals surface area contributed by atoms with E-state index in [9.17, 15) is 4.79 Å². The van der Waals surface area contributed by atoms with Gasteiger partial charge in [-0.15, -0.1) is 21.5 Å². The zero-order valence-corrected chi connectivity index (χ0v) is 16.5. The Labute approximate surface area is 165 Å². The van der Waals surface area contributed by atoms with Gasteiger partial charge in [-0.05, 0) is 29.2 Å². The van der Waals surface area contributed by atoms with Crippen molar-refractivity contribution in [3.8, 4) is 0 Å². The third kappa shape index (κ3) is 4.69. The standard InChI is InChI=1S/C17H17N5OS3/c1-2-14-19-20-17(26-11-12-7-4-3-5-8-12)22(14)21-16(24)18-15(23)13-9-6-10-25-13/h3-10H,2,11H2,1H3,(H2,18,21,23,24). The van der Waals surface area contributed by atoms with Crippen LogP contribution in [0.2, 0.25) is 0 Å². The summed E-state index contributed by atoms with van der Waals surface area (Å²) >= 11 is 8.19. The molecule has 0 unspecified atom stereocenters. The third-order valence-corrected chi connectivity index (χ3v) is 5.47. The molecule has 134 valence electrons. The lowest BCUT2D eigenvalue weighted by atomic mass is 10.2. The van der Waals surface area contributed by atoms with Crippen LogP contribution in [0.4, 0.5) is 0 Å². The van der Waals surface area contributed by atoms with Crippen molar-refractivity contribution in [2.24, 2.45) is 0 Å². The molecule has 0 aliphatic rings. The van der Waals surface area contributed by atoms with E-state index in [4.69, 9.17) is 12.2 Å². The zero-order chi connectivity index (χ0) is 18.4. The first kappa shape index (κ1) is 18.6. The first-order valence-corrected chi connectivity index (χ1v) is 10.2. The fourth-order valence-corrected chi connectivity index (χ4v) is 3.83. The van der Waals surface area contributed by atoms with Crippen molar-refractivity contribution in [1.82, 2.24) is 20.2 Å². The molecule has 0 bridgehead atoms. The fraction of sp³-hybridized carbons (Fsp3) is 0.176. The second-order valence-corrected chi connectivity index (χ2v) is 7.53. The van der Waals surface area contributed by atoms with Gasteiger partial charge in [-0.2, -0.15) is 0 Å². The van der Waals surface area contributed by atoms with Gasteiger partial charge in [0.25, 0.3) is 5.91 Å². The topological polar surface area (TPSA) is 71.8 Å². The normalized spacial score (nSPS) is 10.5. The Hall–Kier alpha value is -2.23. The quantitative estimate of drug-likeness (QED) is 0.485. The molecule has 2 N–H and O–H groups in total. The number of carbonyl (C=O) groups is 1. The summed E-state index contributed by atoms with van der Waals surface area (Å²) in [5.74, 6) is 1.27. The molecule has 2 aromatic heterocycles. The van der Waals surface area contributed by atoms with Gasteiger partial charge in [0.2, 0.25) is 5.16 Å². The van der Waals surface area contributed by atoms with Gasteiger partial charge in [0, 0.05) is 12.2 Å². The van der Waals surface area contributed by atoms with Crippen molar-refractivity contribution < 1.29 is 4.79 Å². The van der Waals surface area contributed by atoms with Crippen LogP contribution in [-0.4, -0.2) is 25.9 Å². The van der Waals surface area contributed by atoms with Crippen molar-refractivity contribution in [3.05, 3.63) is 64.1 Å². The second-order valence-electron chi connectivity index (χ2n) is 5.23. The van der Waals surface area contributed by atoms with E-state index < -0.39 is 0 Å². The van der Waals surface area contributed by atoms with Gasteiger partial charge in [0.1, 0.15) is 0 Å². The average Bonchev–Trinajstić information content (AvgIpc) is 3.31. The lowest BCUT2D eigenvalue weighted by Crippen LogP contribution is -2.38. The molecule has 0 aliphatic heterocycles. The average molecular weight is 404 g/mol. The van der Waals surface area contributed by atoms with Gasteiger partial charge in [0.05, 0.1) is 4.88 Å². The monoisotopic (exact) mass is 403 g/mol. The van der Waals surface area contributed by atoms with Crippen molar-refractivity contribution in [2.75, 3.05) is 5.43 Å². The van der Waals surface area contributed by atoms with Crippen LogP contribution in [0.3, 0.4) is 0 Å². The van der Waals surface area contributed by atoms with Crippen LogP contribution < -0.4 is 10.7 Å². The number of nitrogens with zero attached hydrogens (tertiary/aromatic N) is 3. The van der Waals surface area contributed by atoms with E-state index in [-0.39, 0.29) is 11.0 Å². The van der Waals surface area contributed by atoms with Crippen molar-refractivity contribution >= 4 is 46.3 Å². The number of rotatable bonds is 6. The second kappa shape index (κ2) is 8.93. The lowest BCUT2D eigenvalue weighted by Gasteiger charge is -2.13. The number of hydrogen-bond donors (Lipinski definition) is 2. The summed E-state index contributed by atoms with van der Waals surface area (Å²) < 4.78 is 1.73. The van der Waals surface area contributed by atoms with Crippen molar-refractivity contribution in [1.29, 1.82) is 0 Å². The summed E-state index contributed by atoms with van der Waals surface area (Å²) in [6, 6.07) is 13.7. The maximum Gasteiger partial charge on any atom is 0.267 e. The molecule has 1 amide bonds. The summed E-state index contributed by atoms with van der Waals surface area (Å²) in [5, 5.41) is 13.8. The van der Waals surface area contributed by atoms with E-state index in [1.807, 2.05) is 36.6 Å². The number of benzene rings is 1. The SMILES string of the molecule is CCc1nnc(SCc2ccccc2)n1NC(=S)NC(=O)c1cccs1. The van der Waals surface area contributed by atoms with Crippen molar-refractivity contribution in [2.45, 2.75) is 24.3 Å². The molecule has 6 nitrogen and oxygen atoms in total. The number of hydrogen-bond acceptors (Lipinski definition) is 6. The van der Waals surface area contributed by atoms with Crippen LogP contribution in [0.1, 0.15) is 28.0 Å². The highest BCUT2D eigenvalue weighted by Crippen LogP contribution is 2.21. The Morgan fingerprint density at radius 2 is 2.04 bits per heavy atom. The third-order valence-electron chi connectivity index (χ3n) is 3.41.